The van der Waals surface area contributed by atoms with E-state index in [4.69, 9.17) is 14.7 Å². The molecule has 0 aliphatic rings. The summed E-state index contributed by atoms with van der Waals surface area (Å²) >= 11 is 0. The van der Waals surface area contributed by atoms with Gasteiger partial charge in [-0.15, -0.1) is 0 Å². The number of methoxy groups -OCH3 is 2. The average molecular weight is 386 g/mol. The Morgan fingerprint density at radius 2 is 1.79 bits per heavy atom. The summed E-state index contributed by atoms with van der Waals surface area (Å²) in [6, 6.07) is 14.2. The molecule has 2 rings (SSSR count). The summed E-state index contributed by atoms with van der Waals surface area (Å²) in [7, 11) is 3.22. The Morgan fingerprint density at radius 1 is 1.07 bits per heavy atom. The van der Waals surface area contributed by atoms with Crippen LogP contribution in [-0.2, 0) is 22.5 Å². The van der Waals surface area contributed by atoms with Gasteiger partial charge >= 0.3 is 0 Å². The first-order chi connectivity index (χ1) is 13.6. The van der Waals surface area contributed by atoms with Gasteiger partial charge in [0.1, 0.15) is 5.75 Å². The normalized spacial score (nSPS) is 10.4. The van der Waals surface area contributed by atoms with E-state index in [1.807, 2.05) is 24.3 Å². The van der Waals surface area contributed by atoms with Gasteiger partial charge in [-0.05, 0) is 30.2 Å². The summed E-state index contributed by atoms with van der Waals surface area (Å²) < 4.78 is 10.4. The molecule has 0 aliphatic carbocycles. The highest BCUT2D eigenvalue weighted by Crippen LogP contribution is 2.19. The fourth-order valence-corrected chi connectivity index (χ4v) is 2.86. The molecule has 0 bridgehead atoms. The molecule has 0 saturated carbocycles. The molecule has 28 heavy (non-hydrogen) atoms. The third-order valence-electron chi connectivity index (χ3n) is 4.35. The summed E-state index contributed by atoms with van der Waals surface area (Å²) in [5, 5.41) is 8.70. The number of ether oxygens (including phenoxy) is 2. The zero-order chi connectivity index (χ0) is 20.4. The number of carbonyl (C=O) groups is 2. The lowest BCUT2D eigenvalue weighted by Crippen LogP contribution is -2.33. The number of amides is 2. The van der Waals surface area contributed by atoms with Gasteiger partial charge in [-0.3, -0.25) is 14.8 Å². The summed E-state index contributed by atoms with van der Waals surface area (Å²) in [6.07, 6.45) is 0.959. The van der Waals surface area contributed by atoms with Crippen molar-refractivity contribution in [1.82, 2.24) is 10.4 Å². The minimum atomic E-state index is -0.573. The fourth-order valence-electron chi connectivity index (χ4n) is 2.86. The first kappa shape index (κ1) is 21.4. The molecule has 0 aromatic heterocycles. The van der Waals surface area contributed by atoms with Gasteiger partial charge in [0.2, 0.25) is 5.91 Å². The van der Waals surface area contributed by atoms with Crippen LogP contribution in [0.5, 0.6) is 5.75 Å². The summed E-state index contributed by atoms with van der Waals surface area (Å²) in [4.78, 5) is 26.1. The van der Waals surface area contributed by atoms with Crippen LogP contribution in [0.3, 0.4) is 0 Å². The molecule has 150 valence electrons. The van der Waals surface area contributed by atoms with E-state index in [0.717, 1.165) is 17.5 Å². The van der Waals surface area contributed by atoms with Crippen molar-refractivity contribution in [3.8, 4) is 5.75 Å². The van der Waals surface area contributed by atoms with E-state index in [0.29, 0.717) is 31.0 Å². The van der Waals surface area contributed by atoms with Crippen LogP contribution in [0.15, 0.2) is 48.5 Å². The van der Waals surface area contributed by atoms with Gasteiger partial charge in [0.15, 0.2) is 0 Å². The third kappa shape index (κ3) is 6.07. The number of nitrogens with one attached hydrogen (secondary N) is 1. The van der Waals surface area contributed by atoms with Crippen molar-refractivity contribution < 1.29 is 24.3 Å². The number of rotatable bonds is 10. The molecule has 0 fully saturated rings. The van der Waals surface area contributed by atoms with Crippen molar-refractivity contribution >= 4 is 11.8 Å². The number of nitrogens with zero attached hydrogens (tertiary/aromatic N) is 1. The second-order valence-corrected chi connectivity index (χ2v) is 6.29. The van der Waals surface area contributed by atoms with Gasteiger partial charge in [-0.2, -0.15) is 0 Å². The molecule has 2 aromatic rings. The maximum absolute atomic E-state index is 12.9. The van der Waals surface area contributed by atoms with Crippen LogP contribution in [0.1, 0.15) is 27.9 Å². The second kappa shape index (κ2) is 11.1. The first-order valence-electron chi connectivity index (χ1n) is 9.01. The second-order valence-electron chi connectivity index (χ2n) is 6.29. The fraction of sp³-hybridized carbons (Fsp3) is 0.333. The number of carbonyl (C=O) groups excluding carboxylic acids is 2. The Balaban J connectivity index is 2.11. The largest absolute Gasteiger partial charge is 0.496 e. The van der Waals surface area contributed by atoms with Crippen LogP contribution in [0.25, 0.3) is 0 Å². The highest BCUT2D eigenvalue weighted by atomic mass is 16.5. The van der Waals surface area contributed by atoms with E-state index in [2.05, 4.69) is 0 Å². The van der Waals surface area contributed by atoms with Gasteiger partial charge < -0.3 is 14.4 Å². The number of hydrogen-bond acceptors (Lipinski definition) is 5. The van der Waals surface area contributed by atoms with Crippen molar-refractivity contribution in [3.63, 3.8) is 0 Å². The zero-order valence-electron chi connectivity index (χ0n) is 16.2. The van der Waals surface area contributed by atoms with Crippen LogP contribution in [0.4, 0.5) is 0 Å². The van der Waals surface area contributed by atoms with E-state index in [1.165, 1.54) is 0 Å². The van der Waals surface area contributed by atoms with Crippen LogP contribution < -0.4 is 10.2 Å². The predicted molar refractivity (Wildman–Crippen MR) is 104 cm³/mol. The van der Waals surface area contributed by atoms with E-state index < -0.39 is 5.91 Å². The summed E-state index contributed by atoms with van der Waals surface area (Å²) in [5.74, 6) is 0.0978. The number of benzene rings is 2. The molecule has 0 radical (unpaired) electrons. The molecular weight excluding hydrogens is 360 g/mol. The van der Waals surface area contributed by atoms with Gasteiger partial charge in [0.05, 0.1) is 13.5 Å². The van der Waals surface area contributed by atoms with Crippen molar-refractivity contribution in [1.29, 1.82) is 0 Å². The molecule has 0 spiro atoms. The van der Waals surface area contributed by atoms with Crippen LogP contribution >= 0.6 is 0 Å². The lowest BCUT2D eigenvalue weighted by molar-refractivity contribution is -0.131. The van der Waals surface area contributed by atoms with E-state index in [9.17, 15) is 9.59 Å². The SMILES string of the molecule is COCCCN(Cc1ccc(C(=O)NO)cc1)C(=O)Cc1ccccc1OC. The van der Waals surface area contributed by atoms with Gasteiger partial charge in [0.25, 0.3) is 5.91 Å². The Hall–Kier alpha value is -2.90. The average Bonchev–Trinajstić information content (AvgIpc) is 2.73. The highest BCUT2D eigenvalue weighted by Gasteiger charge is 2.17. The number of hydroxylamine groups is 1. The molecule has 0 atom stereocenters. The molecule has 2 aromatic carbocycles. The third-order valence-corrected chi connectivity index (χ3v) is 4.35. The van der Waals surface area contributed by atoms with Gasteiger partial charge in [0, 0.05) is 37.9 Å². The molecule has 7 heteroatoms. The van der Waals surface area contributed by atoms with Crippen molar-refractivity contribution in [2.75, 3.05) is 27.4 Å². The minimum Gasteiger partial charge on any atom is -0.496 e. The zero-order valence-corrected chi connectivity index (χ0v) is 16.2. The summed E-state index contributed by atoms with van der Waals surface area (Å²) in [6.45, 7) is 1.54. The number of hydrogen-bond donors (Lipinski definition) is 2. The van der Waals surface area contributed by atoms with Crippen molar-refractivity contribution in [2.24, 2.45) is 0 Å². The van der Waals surface area contributed by atoms with Crippen LogP contribution in [0.2, 0.25) is 0 Å². The predicted octanol–water partition coefficient (Wildman–Crippen LogP) is 2.42. The first-order valence-corrected chi connectivity index (χ1v) is 9.01. The highest BCUT2D eigenvalue weighted by molar-refractivity contribution is 5.93. The lowest BCUT2D eigenvalue weighted by Gasteiger charge is -2.23. The molecule has 0 aliphatic heterocycles. The van der Waals surface area contributed by atoms with Crippen molar-refractivity contribution in [2.45, 2.75) is 19.4 Å². The molecule has 0 unspecified atom stereocenters. The van der Waals surface area contributed by atoms with Gasteiger partial charge in [-0.25, -0.2) is 5.48 Å². The monoisotopic (exact) mass is 386 g/mol. The van der Waals surface area contributed by atoms with E-state index in [1.54, 1.807) is 48.9 Å². The van der Waals surface area contributed by atoms with Crippen molar-refractivity contribution in [3.05, 3.63) is 65.2 Å². The Kier molecular flexibility index (Phi) is 8.45. The molecule has 0 saturated heterocycles. The number of para-hydroxylation sites is 1. The molecule has 0 heterocycles. The van der Waals surface area contributed by atoms with Gasteiger partial charge in [-0.1, -0.05) is 30.3 Å². The molecular formula is C21H26N2O5. The Bertz CT molecular complexity index is 777. The Morgan fingerprint density at radius 3 is 2.43 bits per heavy atom. The van der Waals surface area contributed by atoms with E-state index >= 15 is 0 Å². The minimum absolute atomic E-state index is 0.0159. The molecule has 7 nitrogen and oxygen atoms in total. The topological polar surface area (TPSA) is 88.1 Å². The molecule has 2 N–H and O–H groups in total. The summed E-state index contributed by atoms with van der Waals surface area (Å²) in [5.41, 5.74) is 3.67. The quantitative estimate of drug-likeness (QED) is 0.372. The van der Waals surface area contributed by atoms with Crippen LogP contribution in [0, 0.1) is 0 Å². The smallest absolute Gasteiger partial charge is 0.274 e. The standard InChI is InChI=1S/C21H26N2O5/c1-27-13-5-12-23(15-16-8-10-17(11-9-16)21(25)22-26)20(24)14-18-6-3-4-7-19(18)28-2/h3-4,6-11,26H,5,12-15H2,1-2H3,(H,22,25). The molecule has 2 amide bonds. The maximum atomic E-state index is 12.9. The Labute approximate surface area is 164 Å². The lowest BCUT2D eigenvalue weighted by atomic mass is 10.1. The van der Waals surface area contributed by atoms with E-state index in [-0.39, 0.29) is 12.3 Å². The van der Waals surface area contributed by atoms with Crippen LogP contribution in [-0.4, -0.2) is 49.3 Å². The maximum Gasteiger partial charge on any atom is 0.274 e.